The summed E-state index contributed by atoms with van der Waals surface area (Å²) in [6.07, 6.45) is 5.52. The number of nitrogens with one attached hydrogen (secondary N) is 2. The van der Waals surface area contributed by atoms with Gasteiger partial charge < -0.3 is 5.32 Å². The van der Waals surface area contributed by atoms with Crippen LogP contribution in [0.1, 0.15) is 17.5 Å². The molecule has 132 valence electrons. The molecular formula is C18H23FN6. The highest BCUT2D eigenvalue weighted by atomic mass is 19.1. The summed E-state index contributed by atoms with van der Waals surface area (Å²) in [5.74, 6) is 0. The third-order valence-electron chi connectivity index (χ3n) is 4.88. The first-order chi connectivity index (χ1) is 12.2. The summed E-state index contributed by atoms with van der Waals surface area (Å²) in [6.45, 7) is 2.76. The average molecular weight is 342 g/mol. The maximum atomic E-state index is 13.9. The van der Waals surface area contributed by atoms with Crippen LogP contribution in [0.2, 0.25) is 0 Å². The van der Waals surface area contributed by atoms with Gasteiger partial charge in [-0.05, 0) is 12.0 Å². The van der Waals surface area contributed by atoms with Crippen molar-refractivity contribution in [2.24, 2.45) is 7.05 Å². The standard InChI is InChI=1S/C18H23FN6/c1-24-10-13(6-22-24)11-25-12-16(19)5-17(25)9-20-7-14-3-2-4-15-8-21-23-18(14)15/h2-4,6,8,10,16-17,20H,5,7,9,11-12H2,1H3,(H,21,23)/t16-,17-/m0/s1. The van der Waals surface area contributed by atoms with Gasteiger partial charge in [-0.15, -0.1) is 0 Å². The molecule has 2 aromatic heterocycles. The van der Waals surface area contributed by atoms with Crippen molar-refractivity contribution in [2.45, 2.75) is 31.7 Å². The van der Waals surface area contributed by atoms with Crippen LogP contribution in [0.4, 0.5) is 4.39 Å². The molecule has 4 rings (SSSR count). The van der Waals surface area contributed by atoms with Gasteiger partial charge in [0.25, 0.3) is 0 Å². The Morgan fingerprint density at radius 1 is 1.36 bits per heavy atom. The molecule has 2 N–H and O–H groups in total. The van der Waals surface area contributed by atoms with Crippen molar-refractivity contribution in [1.29, 1.82) is 0 Å². The van der Waals surface area contributed by atoms with Crippen LogP contribution in [0.3, 0.4) is 0 Å². The lowest BCUT2D eigenvalue weighted by Gasteiger charge is -2.23. The molecule has 6 nitrogen and oxygen atoms in total. The van der Waals surface area contributed by atoms with Crippen LogP contribution in [-0.4, -0.2) is 50.2 Å². The van der Waals surface area contributed by atoms with Crippen LogP contribution in [0.25, 0.3) is 10.9 Å². The molecule has 0 spiro atoms. The summed E-state index contributed by atoms with van der Waals surface area (Å²) in [4.78, 5) is 2.21. The number of fused-ring (bicyclic) bond motifs is 1. The van der Waals surface area contributed by atoms with Crippen molar-refractivity contribution in [3.05, 3.63) is 47.9 Å². The molecule has 1 aliphatic rings. The van der Waals surface area contributed by atoms with E-state index in [0.29, 0.717) is 13.0 Å². The zero-order valence-electron chi connectivity index (χ0n) is 14.3. The third-order valence-corrected chi connectivity index (χ3v) is 4.88. The minimum absolute atomic E-state index is 0.205. The Morgan fingerprint density at radius 3 is 3.12 bits per heavy atom. The summed E-state index contributed by atoms with van der Waals surface area (Å²) in [7, 11) is 1.90. The van der Waals surface area contributed by atoms with Gasteiger partial charge in [0.1, 0.15) is 6.17 Å². The summed E-state index contributed by atoms with van der Waals surface area (Å²) < 4.78 is 15.7. The SMILES string of the molecule is Cn1cc(CN2C[C@@H](F)C[C@H]2CNCc2cccc3cn[nH]c23)cn1. The molecule has 1 fully saturated rings. The number of alkyl halides is 1. The Bertz CT molecular complexity index is 841. The van der Waals surface area contributed by atoms with Crippen molar-refractivity contribution in [3.63, 3.8) is 0 Å². The number of rotatable bonds is 6. The molecule has 1 aliphatic heterocycles. The second-order valence-electron chi connectivity index (χ2n) is 6.82. The van der Waals surface area contributed by atoms with Crippen LogP contribution in [0.15, 0.2) is 36.8 Å². The van der Waals surface area contributed by atoms with Crippen molar-refractivity contribution in [3.8, 4) is 0 Å². The summed E-state index contributed by atoms with van der Waals surface area (Å²) in [5, 5.41) is 16.0. The van der Waals surface area contributed by atoms with Crippen molar-refractivity contribution >= 4 is 10.9 Å². The van der Waals surface area contributed by atoms with Crippen LogP contribution < -0.4 is 5.32 Å². The number of H-pyrrole nitrogens is 1. The number of aryl methyl sites for hydroxylation is 1. The van der Waals surface area contributed by atoms with E-state index in [1.54, 1.807) is 4.68 Å². The van der Waals surface area contributed by atoms with E-state index in [1.807, 2.05) is 37.8 Å². The number of hydrogen-bond acceptors (Lipinski definition) is 4. The zero-order valence-corrected chi connectivity index (χ0v) is 14.3. The van der Waals surface area contributed by atoms with E-state index in [9.17, 15) is 4.39 Å². The molecule has 0 aliphatic carbocycles. The van der Waals surface area contributed by atoms with Crippen LogP contribution in [0.5, 0.6) is 0 Å². The molecule has 0 saturated carbocycles. The van der Waals surface area contributed by atoms with Gasteiger partial charge in [0.15, 0.2) is 0 Å². The van der Waals surface area contributed by atoms with E-state index < -0.39 is 6.17 Å². The van der Waals surface area contributed by atoms with E-state index in [1.165, 1.54) is 5.56 Å². The lowest BCUT2D eigenvalue weighted by atomic mass is 10.1. The molecule has 0 unspecified atom stereocenters. The molecule has 1 saturated heterocycles. The molecule has 1 aromatic carbocycles. The molecule has 7 heteroatoms. The molecule has 0 radical (unpaired) electrons. The quantitative estimate of drug-likeness (QED) is 0.719. The number of halogens is 1. The molecule has 0 bridgehead atoms. The van der Waals surface area contributed by atoms with Crippen molar-refractivity contribution < 1.29 is 4.39 Å². The Balaban J connectivity index is 1.36. The first kappa shape index (κ1) is 16.2. The van der Waals surface area contributed by atoms with E-state index in [0.717, 1.165) is 36.1 Å². The zero-order chi connectivity index (χ0) is 17.2. The van der Waals surface area contributed by atoms with Crippen LogP contribution >= 0.6 is 0 Å². The van der Waals surface area contributed by atoms with Gasteiger partial charge in [0, 0.05) is 56.4 Å². The van der Waals surface area contributed by atoms with E-state index in [-0.39, 0.29) is 6.04 Å². The molecule has 25 heavy (non-hydrogen) atoms. The normalized spacial score (nSPS) is 21.4. The topological polar surface area (TPSA) is 61.8 Å². The minimum atomic E-state index is -0.750. The number of likely N-dealkylation sites (tertiary alicyclic amines) is 1. The van der Waals surface area contributed by atoms with Crippen LogP contribution in [0, 0.1) is 0 Å². The van der Waals surface area contributed by atoms with Gasteiger partial charge in [-0.2, -0.15) is 10.2 Å². The molecule has 0 amide bonds. The first-order valence-corrected chi connectivity index (χ1v) is 8.66. The largest absolute Gasteiger partial charge is 0.311 e. The first-order valence-electron chi connectivity index (χ1n) is 8.66. The highest BCUT2D eigenvalue weighted by Gasteiger charge is 2.31. The Kier molecular flexibility index (Phi) is 4.50. The number of nitrogens with zero attached hydrogens (tertiary/aromatic N) is 4. The Labute approximate surface area is 146 Å². The van der Waals surface area contributed by atoms with Gasteiger partial charge in [-0.1, -0.05) is 18.2 Å². The van der Waals surface area contributed by atoms with E-state index >= 15 is 0 Å². The summed E-state index contributed by atoms with van der Waals surface area (Å²) in [6, 6.07) is 6.38. The van der Waals surface area contributed by atoms with Gasteiger partial charge in [-0.25, -0.2) is 4.39 Å². The number of para-hydroxylation sites is 1. The van der Waals surface area contributed by atoms with Gasteiger partial charge in [0.05, 0.1) is 17.9 Å². The summed E-state index contributed by atoms with van der Waals surface area (Å²) >= 11 is 0. The van der Waals surface area contributed by atoms with Gasteiger partial charge in [0.2, 0.25) is 0 Å². The van der Waals surface area contributed by atoms with Crippen molar-refractivity contribution in [2.75, 3.05) is 13.1 Å². The lowest BCUT2D eigenvalue weighted by Crippen LogP contribution is -2.37. The predicted molar refractivity (Wildman–Crippen MR) is 94.7 cm³/mol. The van der Waals surface area contributed by atoms with Gasteiger partial charge >= 0.3 is 0 Å². The summed E-state index contributed by atoms with van der Waals surface area (Å²) in [5.41, 5.74) is 3.38. The second-order valence-corrected chi connectivity index (χ2v) is 6.82. The minimum Gasteiger partial charge on any atom is -0.311 e. The fraction of sp³-hybridized carbons (Fsp3) is 0.444. The molecule has 3 aromatic rings. The predicted octanol–water partition coefficient (Wildman–Crippen LogP) is 2.00. The third kappa shape index (κ3) is 3.57. The van der Waals surface area contributed by atoms with Crippen molar-refractivity contribution in [1.82, 2.24) is 30.2 Å². The Morgan fingerprint density at radius 2 is 2.28 bits per heavy atom. The number of benzene rings is 1. The highest BCUT2D eigenvalue weighted by Crippen LogP contribution is 2.22. The lowest BCUT2D eigenvalue weighted by molar-refractivity contribution is 0.230. The molecular weight excluding hydrogens is 319 g/mol. The highest BCUT2D eigenvalue weighted by molar-refractivity contribution is 5.81. The average Bonchev–Trinajstić information content (AvgIpc) is 3.29. The Hall–Kier alpha value is -2.25. The van der Waals surface area contributed by atoms with Crippen LogP contribution in [-0.2, 0) is 20.1 Å². The van der Waals surface area contributed by atoms with Gasteiger partial charge in [-0.3, -0.25) is 14.7 Å². The van der Waals surface area contributed by atoms with E-state index in [4.69, 9.17) is 0 Å². The fourth-order valence-corrected chi connectivity index (χ4v) is 3.67. The fourth-order valence-electron chi connectivity index (χ4n) is 3.67. The smallest absolute Gasteiger partial charge is 0.114 e. The second kappa shape index (κ2) is 6.93. The number of hydrogen-bond donors (Lipinski definition) is 2. The monoisotopic (exact) mass is 342 g/mol. The maximum absolute atomic E-state index is 13.9. The van der Waals surface area contributed by atoms with E-state index in [2.05, 4.69) is 31.6 Å². The molecule has 3 heterocycles. The number of aromatic nitrogens is 4. The number of aromatic amines is 1. The molecule has 2 atom stereocenters. The maximum Gasteiger partial charge on any atom is 0.114 e.